The Kier molecular flexibility index (Phi) is 5.98. The first-order valence-corrected chi connectivity index (χ1v) is 15.5. The molecule has 0 aliphatic carbocycles. The zero-order valence-corrected chi connectivity index (χ0v) is 26.1. The number of pyridine rings is 3. The van der Waals surface area contributed by atoms with Crippen molar-refractivity contribution in [1.82, 2.24) is 33.6 Å². The van der Waals surface area contributed by atoms with Crippen LogP contribution in [0.3, 0.4) is 0 Å². The average Bonchev–Trinajstić information content (AvgIpc) is 3.77. The van der Waals surface area contributed by atoms with Crippen LogP contribution in [0.5, 0.6) is 11.5 Å². The highest BCUT2D eigenvalue weighted by molar-refractivity contribution is 6.10. The van der Waals surface area contributed by atoms with E-state index < -0.39 is 0 Å². The first kappa shape index (κ1) is 27.1. The largest absolute Gasteiger partial charge is 0.457 e. The number of benzene rings is 3. The van der Waals surface area contributed by atoms with E-state index in [1.165, 1.54) is 16.7 Å². The molecule has 0 saturated heterocycles. The van der Waals surface area contributed by atoms with E-state index in [1.54, 1.807) is 6.20 Å². The van der Waals surface area contributed by atoms with Crippen LogP contribution in [-0.2, 0) is 0 Å². The third-order valence-corrected chi connectivity index (χ3v) is 8.89. The minimum atomic E-state index is 0.719. The van der Waals surface area contributed by atoms with E-state index in [2.05, 4.69) is 91.9 Å². The zero-order chi connectivity index (χ0) is 31.6. The predicted molar refractivity (Wildman–Crippen MR) is 186 cm³/mol. The molecule has 0 spiro atoms. The summed E-state index contributed by atoms with van der Waals surface area (Å²) in [7, 11) is 0. The summed E-state index contributed by atoms with van der Waals surface area (Å²) in [5.41, 5.74) is 8.70. The summed E-state index contributed by atoms with van der Waals surface area (Å²) in [4.78, 5) is 18.4. The Balaban J connectivity index is 1.21. The van der Waals surface area contributed by atoms with Crippen LogP contribution in [0.2, 0.25) is 0 Å². The van der Waals surface area contributed by atoms with Crippen molar-refractivity contribution in [3.8, 4) is 29.0 Å². The summed E-state index contributed by atoms with van der Waals surface area (Å²) in [6.45, 7) is 6.43. The first-order chi connectivity index (χ1) is 23.0. The van der Waals surface area contributed by atoms with Gasteiger partial charge in [0, 0.05) is 64.7 Å². The van der Waals surface area contributed by atoms with Gasteiger partial charge >= 0.3 is 0 Å². The van der Waals surface area contributed by atoms with Crippen molar-refractivity contribution in [2.45, 2.75) is 20.8 Å². The van der Waals surface area contributed by atoms with Crippen LogP contribution in [0.15, 0.2) is 122 Å². The van der Waals surface area contributed by atoms with Gasteiger partial charge in [-0.2, -0.15) is 0 Å². The first-order valence-electron chi connectivity index (χ1n) is 15.5. The molecule has 0 fully saturated rings. The van der Waals surface area contributed by atoms with Gasteiger partial charge in [0.1, 0.15) is 17.3 Å². The molecule has 6 aromatic heterocycles. The van der Waals surface area contributed by atoms with Crippen LogP contribution < -0.4 is 4.74 Å². The minimum Gasteiger partial charge on any atom is -0.457 e. The Morgan fingerprint density at radius 2 is 1.17 bits per heavy atom. The smallest absolute Gasteiger partial charge is 0.219 e. The van der Waals surface area contributed by atoms with E-state index in [1.807, 2.05) is 73.6 Å². The van der Waals surface area contributed by atoms with E-state index in [4.69, 9.17) is 9.72 Å². The van der Waals surface area contributed by atoms with Gasteiger partial charge < -0.3 is 4.74 Å². The predicted octanol–water partition coefficient (Wildman–Crippen LogP) is 8.97. The fourth-order valence-corrected chi connectivity index (χ4v) is 7.09. The van der Waals surface area contributed by atoms with Crippen molar-refractivity contribution in [2.75, 3.05) is 0 Å². The number of ether oxygens (including phenoxy) is 1. The number of hydrogen-bond acceptors (Lipinski definition) is 5. The number of nitrogens with zero attached hydrogens (tertiary/aromatic N) is 7. The Morgan fingerprint density at radius 1 is 0.553 bits per heavy atom. The molecular formula is C39H29N7O. The lowest BCUT2D eigenvalue weighted by Gasteiger charge is -2.16. The SMILES string of the molecule is Cc1cc(C)c(-n2ccnc2-n2c3cnccc3c3ccc(Oc4ccc5c6ccncc6n(-c6ccccn6)c5c4)cc32)c(C)c1. The van der Waals surface area contributed by atoms with E-state index in [0.29, 0.717) is 0 Å². The standard InChI is InChI=1S/C39H29N7O/c1-24-18-25(2)38(26(3)19-24)44-17-16-43-39(44)46-34-21-28(8-10-30(34)32-12-15-41-23-36(32)46)47-27-7-9-29-31-11-14-40-22-35(31)45(33(29)20-27)37-6-4-5-13-42-37/h4-23H,1-3H3. The van der Waals surface area contributed by atoms with E-state index in [-0.39, 0.29) is 0 Å². The highest BCUT2D eigenvalue weighted by atomic mass is 16.5. The maximum absolute atomic E-state index is 6.61. The molecule has 0 aliphatic rings. The average molecular weight is 612 g/mol. The molecule has 8 heteroatoms. The number of aryl methyl sites for hydroxylation is 3. The Hall–Kier alpha value is -6.28. The molecule has 226 valence electrons. The summed E-state index contributed by atoms with van der Waals surface area (Å²) in [5, 5.41) is 4.42. The van der Waals surface area contributed by atoms with Crippen LogP contribution in [0.1, 0.15) is 16.7 Å². The molecule has 0 radical (unpaired) electrons. The summed E-state index contributed by atoms with van der Waals surface area (Å²) >= 11 is 0. The van der Waals surface area contributed by atoms with Gasteiger partial charge in [0.15, 0.2) is 0 Å². The molecule has 9 rings (SSSR count). The van der Waals surface area contributed by atoms with Gasteiger partial charge in [0.05, 0.1) is 40.1 Å². The molecule has 6 heterocycles. The van der Waals surface area contributed by atoms with Gasteiger partial charge in [-0.15, -0.1) is 0 Å². The molecule has 0 amide bonds. The maximum Gasteiger partial charge on any atom is 0.219 e. The summed E-state index contributed by atoms with van der Waals surface area (Å²) in [5.74, 6) is 3.06. The Bertz CT molecular complexity index is 2620. The van der Waals surface area contributed by atoms with Gasteiger partial charge in [-0.1, -0.05) is 23.8 Å². The van der Waals surface area contributed by atoms with Gasteiger partial charge in [-0.05, 0) is 80.4 Å². The van der Waals surface area contributed by atoms with Crippen molar-refractivity contribution in [1.29, 1.82) is 0 Å². The van der Waals surface area contributed by atoms with E-state index in [0.717, 1.165) is 72.6 Å². The van der Waals surface area contributed by atoms with E-state index >= 15 is 0 Å². The fourth-order valence-electron chi connectivity index (χ4n) is 7.09. The molecule has 0 bridgehead atoms. The highest BCUT2D eigenvalue weighted by Gasteiger charge is 2.20. The monoisotopic (exact) mass is 611 g/mol. The number of aromatic nitrogens is 7. The number of hydrogen-bond donors (Lipinski definition) is 0. The minimum absolute atomic E-state index is 0.719. The molecule has 47 heavy (non-hydrogen) atoms. The van der Waals surface area contributed by atoms with Crippen LogP contribution in [0.25, 0.3) is 61.1 Å². The van der Waals surface area contributed by atoms with Gasteiger partial charge in [-0.3, -0.25) is 23.7 Å². The molecule has 0 atom stereocenters. The van der Waals surface area contributed by atoms with Crippen molar-refractivity contribution < 1.29 is 4.74 Å². The Morgan fingerprint density at radius 3 is 1.81 bits per heavy atom. The molecule has 0 aliphatic heterocycles. The normalized spacial score (nSPS) is 11.7. The van der Waals surface area contributed by atoms with Crippen molar-refractivity contribution in [2.24, 2.45) is 0 Å². The van der Waals surface area contributed by atoms with E-state index in [9.17, 15) is 0 Å². The molecule has 8 nitrogen and oxygen atoms in total. The highest BCUT2D eigenvalue weighted by Crippen LogP contribution is 2.38. The third-order valence-electron chi connectivity index (χ3n) is 8.89. The quantitative estimate of drug-likeness (QED) is 0.194. The van der Waals surface area contributed by atoms with Crippen molar-refractivity contribution in [3.63, 3.8) is 0 Å². The molecule has 0 saturated carbocycles. The van der Waals surface area contributed by atoms with Crippen molar-refractivity contribution >= 4 is 43.6 Å². The number of rotatable bonds is 5. The lowest BCUT2D eigenvalue weighted by molar-refractivity contribution is 0.484. The van der Waals surface area contributed by atoms with Crippen LogP contribution in [0.4, 0.5) is 0 Å². The third kappa shape index (κ3) is 4.22. The number of fused-ring (bicyclic) bond motifs is 6. The van der Waals surface area contributed by atoms with Gasteiger partial charge in [0.25, 0.3) is 0 Å². The fraction of sp³-hybridized carbons (Fsp3) is 0.0769. The molecular weight excluding hydrogens is 582 g/mol. The second-order valence-corrected chi connectivity index (χ2v) is 11.9. The summed E-state index contributed by atoms with van der Waals surface area (Å²) in [6, 6.07) is 26.9. The van der Waals surface area contributed by atoms with Crippen molar-refractivity contribution in [3.05, 3.63) is 139 Å². The summed E-state index contributed by atoms with van der Waals surface area (Å²) in [6.07, 6.45) is 13.1. The summed E-state index contributed by atoms with van der Waals surface area (Å²) < 4.78 is 13.1. The molecule has 9 aromatic rings. The Labute approximate surface area is 270 Å². The zero-order valence-electron chi connectivity index (χ0n) is 26.1. The second-order valence-electron chi connectivity index (χ2n) is 11.9. The number of imidazole rings is 1. The maximum atomic E-state index is 6.61. The van der Waals surface area contributed by atoms with Gasteiger partial charge in [0.2, 0.25) is 5.95 Å². The lowest BCUT2D eigenvalue weighted by Crippen LogP contribution is -2.08. The van der Waals surface area contributed by atoms with Crippen LogP contribution in [0, 0.1) is 20.8 Å². The van der Waals surface area contributed by atoms with Crippen LogP contribution >= 0.6 is 0 Å². The van der Waals surface area contributed by atoms with Gasteiger partial charge in [-0.25, -0.2) is 9.97 Å². The molecule has 0 unspecified atom stereocenters. The lowest BCUT2D eigenvalue weighted by atomic mass is 10.1. The molecule has 0 N–H and O–H groups in total. The topological polar surface area (TPSA) is 75.6 Å². The molecule has 3 aromatic carbocycles. The van der Waals surface area contributed by atoms with Crippen LogP contribution in [-0.4, -0.2) is 33.6 Å². The second kappa shape index (κ2) is 10.4.